The van der Waals surface area contributed by atoms with Crippen LogP contribution >= 0.6 is 15.9 Å². The van der Waals surface area contributed by atoms with Gasteiger partial charge in [-0.1, -0.05) is 55.5 Å². The highest BCUT2D eigenvalue weighted by Gasteiger charge is 2.08. The zero-order valence-corrected chi connectivity index (χ0v) is 14.0. The summed E-state index contributed by atoms with van der Waals surface area (Å²) >= 11 is 3.51. The molecule has 0 aliphatic carbocycles. The Kier molecular flexibility index (Phi) is 5.46. The number of imidazole rings is 1. The summed E-state index contributed by atoms with van der Waals surface area (Å²) in [5, 5.41) is 0. The van der Waals surface area contributed by atoms with Crippen LogP contribution in [0.1, 0.15) is 46.0 Å². The number of nitrogens with zero attached hydrogens (tertiary/aromatic N) is 2. The minimum absolute atomic E-state index is 0.625. The van der Waals surface area contributed by atoms with Gasteiger partial charge in [0.2, 0.25) is 5.95 Å². The largest absolute Gasteiger partial charge is 0.369 e. The molecule has 2 rings (SSSR count). The van der Waals surface area contributed by atoms with Crippen molar-refractivity contribution in [2.45, 2.75) is 52.5 Å². The first-order valence-corrected chi connectivity index (χ1v) is 8.28. The molecule has 0 fully saturated rings. The maximum Gasteiger partial charge on any atom is 0.201 e. The van der Waals surface area contributed by atoms with E-state index in [2.05, 4.69) is 45.4 Å². The summed E-state index contributed by atoms with van der Waals surface area (Å²) in [5.41, 5.74) is 8.12. The van der Waals surface area contributed by atoms with Crippen LogP contribution in [0.3, 0.4) is 0 Å². The van der Waals surface area contributed by atoms with Gasteiger partial charge in [-0.2, -0.15) is 0 Å². The lowest BCUT2D eigenvalue weighted by atomic mass is 10.0. The molecule has 0 saturated carbocycles. The summed E-state index contributed by atoms with van der Waals surface area (Å²) in [4.78, 5) is 4.41. The van der Waals surface area contributed by atoms with Crippen molar-refractivity contribution in [3.8, 4) is 0 Å². The second-order valence-electron chi connectivity index (χ2n) is 5.85. The number of unbranched alkanes of at least 4 members (excludes halogenated alkanes) is 3. The van der Waals surface area contributed by atoms with Crippen LogP contribution in [0.2, 0.25) is 0 Å². The van der Waals surface area contributed by atoms with Crippen molar-refractivity contribution in [3.63, 3.8) is 0 Å². The van der Waals surface area contributed by atoms with Gasteiger partial charge in [-0.3, -0.25) is 0 Å². The fourth-order valence-corrected chi connectivity index (χ4v) is 2.87. The molecule has 1 heterocycles. The molecule has 0 aliphatic heterocycles. The first-order chi connectivity index (χ1) is 9.58. The third-order valence-electron chi connectivity index (χ3n) is 3.65. The van der Waals surface area contributed by atoms with Crippen molar-refractivity contribution < 1.29 is 0 Å². The van der Waals surface area contributed by atoms with Crippen LogP contribution in [0.5, 0.6) is 0 Å². The third-order valence-corrected chi connectivity index (χ3v) is 4.15. The Bertz CT molecular complexity index is 560. The molecule has 3 nitrogen and oxygen atoms in total. The Morgan fingerprint density at radius 2 is 1.95 bits per heavy atom. The first-order valence-electron chi connectivity index (χ1n) is 7.49. The van der Waals surface area contributed by atoms with Crippen molar-refractivity contribution in [1.29, 1.82) is 0 Å². The number of aromatic nitrogens is 2. The van der Waals surface area contributed by atoms with Crippen LogP contribution in [0.25, 0.3) is 11.0 Å². The quantitative estimate of drug-likeness (QED) is 0.723. The lowest BCUT2D eigenvalue weighted by Crippen LogP contribution is -2.03. The summed E-state index contributed by atoms with van der Waals surface area (Å²) in [5.74, 6) is 1.45. The van der Waals surface area contributed by atoms with E-state index < -0.39 is 0 Å². The number of rotatable bonds is 7. The second kappa shape index (κ2) is 7.11. The van der Waals surface area contributed by atoms with E-state index >= 15 is 0 Å². The molecule has 20 heavy (non-hydrogen) atoms. The Morgan fingerprint density at radius 1 is 1.20 bits per heavy atom. The Labute approximate surface area is 129 Å². The molecule has 0 unspecified atom stereocenters. The van der Waals surface area contributed by atoms with Crippen LogP contribution in [-0.4, -0.2) is 9.55 Å². The van der Waals surface area contributed by atoms with Crippen molar-refractivity contribution in [2.24, 2.45) is 5.92 Å². The highest BCUT2D eigenvalue weighted by atomic mass is 79.9. The Hall–Kier alpha value is -1.03. The second-order valence-corrected chi connectivity index (χ2v) is 6.77. The van der Waals surface area contributed by atoms with Crippen LogP contribution in [0.15, 0.2) is 22.7 Å². The molecule has 2 N–H and O–H groups in total. The van der Waals surface area contributed by atoms with Crippen molar-refractivity contribution in [2.75, 3.05) is 5.73 Å². The number of aryl methyl sites for hydroxylation is 1. The van der Waals surface area contributed by atoms with E-state index in [1.807, 2.05) is 12.1 Å². The van der Waals surface area contributed by atoms with Gasteiger partial charge < -0.3 is 10.3 Å². The van der Waals surface area contributed by atoms with Crippen molar-refractivity contribution in [1.82, 2.24) is 9.55 Å². The maximum atomic E-state index is 6.02. The van der Waals surface area contributed by atoms with Crippen LogP contribution in [0, 0.1) is 5.92 Å². The van der Waals surface area contributed by atoms with Gasteiger partial charge in [0.15, 0.2) is 0 Å². The molecule has 0 bridgehead atoms. The molecule has 2 aromatic rings. The smallest absolute Gasteiger partial charge is 0.201 e. The molecule has 110 valence electrons. The third kappa shape index (κ3) is 3.98. The summed E-state index contributed by atoms with van der Waals surface area (Å²) < 4.78 is 3.20. The predicted octanol–water partition coefficient (Wildman–Crippen LogP) is 4.99. The number of anilines is 1. The summed E-state index contributed by atoms with van der Waals surface area (Å²) in [6.45, 7) is 5.53. The number of nitrogen functional groups attached to an aromatic ring is 1. The summed E-state index contributed by atoms with van der Waals surface area (Å²) in [6.07, 6.45) is 6.42. The Balaban J connectivity index is 1.89. The fourth-order valence-electron chi connectivity index (χ4n) is 2.53. The average Bonchev–Trinajstić information content (AvgIpc) is 2.69. The SMILES string of the molecule is CC(C)CCCCCCn1c(N)nc2ccc(Br)cc21. The van der Waals surface area contributed by atoms with E-state index in [1.54, 1.807) is 0 Å². The van der Waals surface area contributed by atoms with Crippen LogP contribution in [-0.2, 0) is 6.54 Å². The number of hydrogen-bond acceptors (Lipinski definition) is 2. The van der Waals surface area contributed by atoms with E-state index in [0.29, 0.717) is 5.95 Å². The number of hydrogen-bond donors (Lipinski definition) is 1. The van der Waals surface area contributed by atoms with Gasteiger partial charge in [0.1, 0.15) is 0 Å². The van der Waals surface area contributed by atoms with Gasteiger partial charge in [0, 0.05) is 11.0 Å². The van der Waals surface area contributed by atoms with Gasteiger partial charge >= 0.3 is 0 Å². The zero-order chi connectivity index (χ0) is 14.5. The van der Waals surface area contributed by atoms with Gasteiger partial charge in [0.25, 0.3) is 0 Å². The van der Waals surface area contributed by atoms with E-state index in [1.165, 1.54) is 32.1 Å². The minimum Gasteiger partial charge on any atom is -0.369 e. The van der Waals surface area contributed by atoms with Crippen LogP contribution < -0.4 is 5.73 Å². The number of fused-ring (bicyclic) bond motifs is 1. The topological polar surface area (TPSA) is 43.8 Å². The highest BCUT2D eigenvalue weighted by Crippen LogP contribution is 2.23. The molecular formula is C16H24BrN3. The zero-order valence-electron chi connectivity index (χ0n) is 12.4. The molecule has 1 aromatic carbocycles. The van der Waals surface area contributed by atoms with E-state index in [0.717, 1.165) is 28.0 Å². The van der Waals surface area contributed by atoms with Crippen molar-refractivity contribution >= 4 is 32.9 Å². The number of nitrogens with two attached hydrogens (primary N) is 1. The molecule has 0 saturated heterocycles. The molecule has 1 aromatic heterocycles. The Morgan fingerprint density at radius 3 is 2.70 bits per heavy atom. The highest BCUT2D eigenvalue weighted by molar-refractivity contribution is 9.10. The number of benzene rings is 1. The fraction of sp³-hybridized carbons (Fsp3) is 0.562. The molecular weight excluding hydrogens is 314 g/mol. The van der Waals surface area contributed by atoms with E-state index in [9.17, 15) is 0 Å². The summed E-state index contributed by atoms with van der Waals surface area (Å²) in [7, 11) is 0. The van der Waals surface area contributed by atoms with Crippen LogP contribution in [0.4, 0.5) is 5.95 Å². The minimum atomic E-state index is 0.625. The molecule has 4 heteroatoms. The van der Waals surface area contributed by atoms with Gasteiger partial charge in [-0.25, -0.2) is 4.98 Å². The first kappa shape index (κ1) is 15.4. The molecule has 0 aliphatic rings. The molecule has 0 amide bonds. The lowest BCUT2D eigenvalue weighted by Gasteiger charge is -2.07. The van der Waals surface area contributed by atoms with E-state index in [4.69, 9.17) is 5.73 Å². The van der Waals surface area contributed by atoms with Gasteiger partial charge in [-0.15, -0.1) is 0 Å². The van der Waals surface area contributed by atoms with Gasteiger partial charge in [-0.05, 0) is 30.5 Å². The number of halogens is 1. The lowest BCUT2D eigenvalue weighted by molar-refractivity contribution is 0.508. The summed E-state index contributed by atoms with van der Waals surface area (Å²) in [6, 6.07) is 6.11. The predicted molar refractivity (Wildman–Crippen MR) is 89.8 cm³/mol. The molecule has 0 radical (unpaired) electrons. The molecule has 0 atom stereocenters. The van der Waals surface area contributed by atoms with Crippen molar-refractivity contribution in [3.05, 3.63) is 22.7 Å². The monoisotopic (exact) mass is 337 g/mol. The van der Waals surface area contributed by atoms with Gasteiger partial charge in [0.05, 0.1) is 11.0 Å². The molecule has 0 spiro atoms. The van der Waals surface area contributed by atoms with E-state index in [-0.39, 0.29) is 0 Å². The average molecular weight is 338 g/mol. The maximum absolute atomic E-state index is 6.02. The normalized spacial score (nSPS) is 11.6. The standard InChI is InChI=1S/C16H24BrN3/c1-12(2)7-5-3-4-6-10-20-15-11-13(17)8-9-14(15)19-16(20)18/h8-9,11-12H,3-7,10H2,1-2H3,(H2,18,19).